The van der Waals surface area contributed by atoms with Crippen LogP contribution in [0.4, 0.5) is 5.69 Å². The van der Waals surface area contributed by atoms with E-state index in [4.69, 9.17) is 4.98 Å². The fraction of sp³-hybridized carbons (Fsp3) is 0.174. The Kier molecular flexibility index (Phi) is 8.96. The standard InChI is InChI=1S/C46H39N5O5S/c1-29-24-43(52)36-25-31(18-21-38(36)47-29)45-48-39-26-32(19-22-41(39)50(45)33-14-8-4-9-15-33)46(54)51(57(55,56)35-16-10-5-11-17-35)34-20-23-40-37(27-34)44(53)28-42(49(40)2)30-12-6-3-7-13-30/h3,5-7,10-13,16-28,33H,4,8-9,14-15H2,1-2H3,(H,47,52). The van der Waals surface area contributed by atoms with Crippen LogP contribution >= 0.6 is 0 Å². The average molecular weight is 774 g/mol. The number of benzene rings is 5. The van der Waals surface area contributed by atoms with Gasteiger partial charge in [0.15, 0.2) is 10.9 Å². The number of H-pyrrole nitrogens is 1. The number of carbonyl (C=O) groups excluding carboxylic acids is 1. The molecule has 9 rings (SSSR count). The van der Waals surface area contributed by atoms with E-state index in [1.165, 1.54) is 24.3 Å². The highest BCUT2D eigenvalue weighted by Gasteiger charge is 2.33. The molecule has 1 fully saturated rings. The summed E-state index contributed by atoms with van der Waals surface area (Å²) in [4.78, 5) is 49.8. The maximum atomic E-state index is 14.8. The van der Waals surface area contributed by atoms with E-state index in [0.29, 0.717) is 27.9 Å². The first-order valence-corrected chi connectivity index (χ1v) is 20.5. The quantitative estimate of drug-likeness (QED) is 0.172. The minimum Gasteiger partial charge on any atom is -0.358 e. The van der Waals surface area contributed by atoms with Crippen molar-refractivity contribution in [2.75, 3.05) is 4.31 Å². The number of rotatable bonds is 7. The number of aromatic amines is 1. The second kappa shape index (κ2) is 14.2. The number of aromatic nitrogens is 4. The molecule has 0 bridgehead atoms. The largest absolute Gasteiger partial charge is 0.358 e. The fourth-order valence-corrected chi connectivity index (χ4v) is 9.73. The molecule has 57 heavy (non-hydrogen) atoms. The second-order valence-electron chi connectivity index (χ2n) is 14.8. The fourth-order valence-electron chi connectivity index (χ4n) is 8.30. The van der Waals surface area contributed by atoms with Gasteiger partial charge < -0.3 is 14.1 Å². The SMILES string of the molecule is Cc1cc(=O)c2cc(-c3nc4cc(C(=O)N(c5ccc6c(c5)c(=O)cc(-c5ccccc5)n6C)S(=O)(=O)c5ccccc5)ccc4n3C3CCCCC3)ccc2[nH]1. The molecule has 0 unspecified atom stereocenters. The predicted octanol–water partition coefficient (Wildman–Crippen LogP) is 8.91. The number of aryl methyl sites for hydroxylation is 2. The monoisotopic (exact) mass is 773 g/mol. The molecule has 1 saturated carbocycles. The van der Waals surface area contributed by atoms with Crippen LogP contribution in [0.2, 0.25) is 0 Å². The number of imidazole rings is 1. The Bertz CT molecular complexity index is 3110. The van der Waals surface area contributed by atoms with Crippen LogP contribution in [0.15, 0.2) is 142 Å². The lowest BCUT2D eigenvalue weighted by Crippen LogP contribution is -2.37. The van der Waals surface area contributed by atoms with Gasteiger partial charge in [-0.1, -0.05) is 67.8 Å². The average Bonchev–Trinajstić information content (AvgIpc) is 3.62. The van der Waals surface area contributed by atoms with Crippen molar-refractivity contribution < 1.29 is 13.2 Å². The van der Waals surface area contributed by atoms with Gasteiger partial charge >= 0.3 is 0 Å². The number of pyridine rings is 2. The number of nitrogens with one attached hydrogen (secondary N) is 1. The number of carbonyl (C=O) groups is 1. The van der Waals surface area contributed by atoms with Gasteiger partial charge in [-0.25, -0.2) is 13.4 Å². The lowest BCUT2D eigenvalue weighted by molar-refractivity contribution is 0.101. The van der Waals surface area contributed by atoms with Crippen LogP contribution < -0.4 is 15.2 Å². The number of hydrogen-bond donors (Lipinski definition) is 1. The summed E-state index contributed by atoms with van der Waals surface area (Å²) >= 11 is 0. The van der Waals surface area contributed by atoms with E-state index in [1.807, 2.05) is 73.1 Å². The molecule has 284 valence electrons. The van der Waals surface area contributed by atoms with Crippen LogP contribution in [0, 0.1) is 6.92 Å². The van der Waals surface area contributed by atoms with E-state index >= 15 is 0 Å². The maximum absolute atomic E-state index is 14.8. The summed E-state index contributed by atoms with van der Waals surface area (Å²) in [5.74, 6) is -0.114. The van der Waals surface area contributed by atoms with E-state index in [1.54, 1.807) is 48.5 Å². The topological polar surface area (TPSA) is 127 Å². The molecule has 1 aliphatic carbocycles. The van der Waals surface area contributed by atoms with Gasteiger partial charge in [-0.05, 0) is 92.1 Å². The molecule has 0 radical (unpaired) electrons. The maximum Gasteiger partial charge on any atom is 0.272 e. The molecule has 3 aromatic heterocycles. The molecular weight excluding hydrogens is 735 g/mol. The zero-order valence-electron chi connectivity index (χ0n) is 31.5. The van der Waals surface area contributed by atoms with Gasteiger partial charge in [-0.15, -0.1) is 0 Å². The first kappa shape index (κ1) is 36.1. The lowest BCUT2D eigenvalue weighted by Gasteiger charge is -2.26. The number of sulfonamides is 1. The number of fused-ring (bicyclic) bond motifs is 3. The Morgan fingerprint density at radius 1 is 0.737 bits per heavy atom. The molecule has 3 heterocycles. The van der Waals surface area contributed by atoms with Crippen LogP contribution in [0.5, 0.6) is 0 Å². The predicted molar refractivity (Wildman–Crippen MR) is 225 cm³/mol. The number of hydrogen-bond acceptors (Lipinski definition) is 6. The number of nitrogens with zero attached hydrogens (tertiary/aromatic N) is 4. The van der Waals surface area contributed by atoms with Crippen LogP contribution in [0.3, 0.4) is 0 Å². The second-order valence-corrected chi connectivity index (χ2v) is 16.6. The van der Waals surface area contributed by atoms with Gasteiger partial charge in [0.25, 0.3) is 15.9 Å². The molecule has 1 amide bonds. The summed E-state index contributed by atoms with van der Waals surface area (Å²) in [6.07, 6.45) is 5.23. The summed E-state index contributed by atoms with van der Waals surface area (Å²) in [5, 5.41) is 0.825. The third-order valence-electron chi connectivity index (χ3n) is 11.1. The summed E-state index contributed by atoms with van der Waals surface area (Å²) in [6.45, 7) is 1.85. The Labute approximate surface area is 328 Å². The smallest absolute Gasteiger partial charge is 0.272 e. The highest BCUT2D eigenvalue weighted by atomic mass is 32.2. The summed E-state index contributed by atoms with van der Waals surface area (Å²) in [6, 6.07) is 36.1. The molecule has 1 aliphatic rings. The summed E-state index contributed by atoms with van der Waals surface area (Å²) < 4.78 is 33.9. The van der Waals surface area contributed by atoms with Crippen molar-refractivity contribution in [3.63, 3.8) is 0 Å². The molecule has 0 spiro atoms. The molecule has 1 N–H and O–H groups in total. The van der Waals surface area contributed by atoms with Crippen LogP contribution in [0.25, 0.3) is 55.5 Å². The minimum absolute atomic E-state index is 0.0334. The Morgan fingerprint density at radius 3 is 2.19 bits per heavy atom. The zero-order valence-corrected chi connectivity index (χ0v) is 32.3. The first-order chi connectivity index (χ1) is 27.6. The van der Waals surface area contributed by atoms with Crippen molar-refractivity contribution in [1.29, 1.82) is 0 Å². The lowest BCUT2D eigenvalue weighted by atomic mass is 9.94. The van der Waals surface area contributed by atoms with Crippen molar-refractivity contribution in [2.24, 2.45) is 7.05 Å². The number of amides is 1. The molecule has 8 aromatic rings. The van der Waals surface area contributed by atoms with Crippen LogP contribution in [-0.2, 0) is 17.1 Å². The van der Waals surface area contributed by atoms with Gasteiger partial charge in [0.2, 0.25) is 0 Å². The normalized spacial score (nSPS) is 13.7. The summed E-state index contributed by atoms with van der Waals surface area (Å²) in [5.41, 5.74) is 5.53. The summed E-state index contributed by atoms with van der Waals surface area (Å²) in [7, 11) is -2.62. The van der Waals surface area contributed by atoms with Crippen LogP contribution in [0.1, 0.15) is 54.2 Å². The molecule has 5 aromatic carbocycles. The minimum atomic E-state index is -4.47. The highest BCUT2D eigenvalue weighted by Crippen LogP contribution is 2.37. The first-order valence-electron chi connectivity index (χ1n) is 19.1. The van der Waals surface area contributed by atoms with Gasteiger partial charge in [-0.2, -0.15) is 4.31 Å². The Hall–Kier alpha value is -6.59. The Balaban J connectivity index is 1.19. The third-order valence-corrected chi connectivity index (χ3v) is 12.8. The van der Waals surface area contributed by atoms with E-state index < -0.39 is 15.9 Å². The van der Waals surface area contributed by atoms with E-state index in [9.17, 15) is 22.8 Å². The van der Waals surface area contributed by atoms with Gasteiger partial charge in [0.05, 0.1) is 32.8 Å². The molecule has 0 atom stereocenters. The van der Waals surface area contributed by atoms with Crippen molar-refractivity contribution in [1.82, 2.24) is 19.1 Å². The van der Waals surface area contributed by atoms with Crippen molar-refractivity contribution in [2.45, 2.75) is 50.0 Å². The molecular formula is C46H39N5O5S. The van der Waals surface area contributed by atoms with Gasteiger partial charge in [-0.3, -0.25) is 14.4 Å². The van der Waals surface area contributed by atoms with Crippen molar-refractivity contribution in [3.8, 4) is 22.6 Å². The van der Waals surface area contributed by atoms with Gasteiger partial charge in [0.1, 0.15) is 5.82 Å². The van der Waals surface area contributed by atoms with Gasteiger partial charge in [0, 0.05) is 58.3 Å². The molecule has 11 heteroatoms. The van der Waals surface area contributed by atoms with Crippen molar-refractivity contribution in [3.05, 3.63) is 159 Å². The van der Waals surface area contributed by atoms with Crippen LogP contribution in [-0.4, -0.2) is 33.4 Å². The third kappa shape index (κ3) is 6.33. The molecule has 10 nitrogen and oxygen atoms in total. The van der Waals surface area contributed by atoms with Crippen molar-refractivity contribution >= 4 is 54.5 Å². The number of anilines is 1. The highest BCUT2D eigenvalue weighted by molar-refractivity contribution is 7.93. The van der Waals surface area contributed by atoms with E-state index in [-0.39, 0.29) is 38.4 Å². The molecule has 0 saturated heterocycles. The van der Waals surface area contributed by atoms with E-state index in [2.05, 4.69) is 9.55 Å². The Morgan fingerprint density at radius 2 is 1.44 bits per heavy atom. The molecule has 0 aliphatic heterocycles. The van der Waals surface area contributed by atoms with E-state index in [0.717, 1.165) is 64.3 Å². The zero-order chi connectivity index (χ0) is 39.4.